The van der Waals surface area contributed by atoms with E-state index in [1.54, 1.807) is 30.3 Å². The number of carboxylic acids is 1. The summed E-state index contributed by atoms with van der Waals surface area (Å²) in [7, 11) is 0. The highest BCUT2D eigenvalue weighted by molar-refractivity contribution is 9.10. The van der Waals surface area contributed by atoms with Gasteiger partial charge in [-0.1, -0.05) is 46.3 Å². The van der Waals surface area contributed by atoms with Crippen molar-refractivity contribution < 1.29 is 23.9 Å². The number of rotatable bonds is 5. The lowest BCUT2D eigenvalue weighted by Crippen LogP contribution is -2.27. The maximum absolute atomic E-state index is 12.7. The molecule has 0 radical (unpaired) electrons. The minimum absolute atomic E-state index is 0.119. The van der Waals surface area contributed by atoms with Crippen molar-refractivity contribution in [1.82, 2.24) is 4.90 Å². The van der Waals surface area contributed by atoms with E-state index in [9.17, 15) is 19.5 Å². The maximum atomic E-state index is 12.7. The number of carbonyl (C=O) groups is 3. The molecule has 1 N–H and O–H groups in total. The van der Waals surface area contributed by atoms with Gasteiger partial charge in [-0.25, -0.2) is 4.79 Å². The molecule has 2 amide bonds. The van der Waals surface area contributed by atoms with Crippen LogP contribution in [0.25, 0.3) is 17.4 Å². The summed E-state index contributed by atoms with van der Waals surface area (Å²) in [6.45, 7) is 0.185. The number of thioether (sulfide) groups is 1. The summed E-state index contributed by atoms with van der Waals surface area (Å²) in [6, 6.07) is 17.2. The van der Waals surface area contributed by atoms with Gasteiger partial charge in [-0.2, -0.15) is 0 Å². The fourth-order valence-corrected chi connectivity index (χ4v) is 4.08. The zero-order valence-electron chi connectivity index (χ0n) is 15.4. The molecule has 1 saturated heterocycles. The Morgan fingerprint density at radius 3 is 2.53 bits per heavy atom. The van der Waals surface area contributed by atoms with Gasteiger partial charge in [0.05, 0.1) is 17.0 Å². The van der Waals surface area contributed by atoms with E-state index in [0.29, 0.717) is 17.1 Å². The molecule has 6 nitrogen and oxygen atoms in total. The Morgan fingerprint density at radius 1 is 1.07 bits per heavy atom. The lowest BCUT2D eigenvalue weighted by molar-refractivity contribution is -0.123. The molecule has 0 spiro atoms. The number of hydrogen-bond donors (Lipinski definition) is 1. The van der Waals surface area contributed by atoms with Gasteiger partial charge in [0.15, 0.2) is 0 Å². The Morgan fingerprint density at radius 2 is 1.80 bits per heavy atom. The molecule has 0 aliphatic carbocycles. The van der Waals surface area contributed by atoms with Gasteiger partial charge in [0.25, 0.3) is 11.1 Å². The molecule has 3 aromatic rings. The minimum Gasteiger partial charge on any atom is -0.478 e. The van der Waals surface area contributed by atoms with Crippen LogP contribution in [0.5, 0.6) is 0 Å². The van der Waals surface area contributed by atoms with E-state index in [1.165, 1.54) is 17.0 Å². The number of carbonyl (C=O) groups excluding carboxylic acids is 2. The van der Waals surface area contributed by atoms with E-state index in [-0.39, 0.29) is 22.3 Å². The number of hydrogen-bond acceptors (Lipinski definition) is 5. The number of imide groups is 1. The first-order chi connectivity index (χ1) is 14.4. The second-order valence-electron chi connectivity index (χ2n) is 6.45. The van der Waals surface area contributed by atoms with Crippen molar-refractivity contribution in [2.45, 2.75) is 6.54 Å². The molecule has 4 rings (SSSR count). The molecule has 1 aliphatic heterocycles. The molecule has 1 aliphatic rings. The smallest absolute Gasteiger partial charge is 0.336 e. The molecular weight excluding hydrogens is 470 g/mol. The number of amides is 2. The molecule has 1 aromatic heterocycles. The highest BCUT2D eigenvalue weighted by atomic mass is 79.9. The Bertz CT molecular complexity index is 1180. The summed E-state index contributed by atoms with van der Waals surface area (Å²) < 4.78 is 6.65. The summed E-state index contributed by atoms with van der Waals surface area (Å²) in [6.07, 6.45) is 1.50. The lowest BCUT2D eigenvalue weighted by atomic mass is 10.1. The normalized spacial score (nSPS) is 15.2. The van der Waals surface area contributed by atoms with Crippen LogP contribution in [-0.4, -0.2) is 27.1 Å². The van der Waals surface area contributed by atoms with Crippen LogP contribution in [0, 0.1) is 0 Å². The molecule has 0 unspecified atom stereocenters. The SMILES string of the molecule is O=C(O)c1ccccc1-c1ccc(/C=C2\SC(=O)N(Cc3ccc(Br)cc3)C2=O)o1. The number of carboxylic acid groups (broad SMARTS) is 1. The van der Waals surface area contributed by atoms with Crippen LogP contribution in [0.1, 0.15) is 21.7 Å². The van der Waals surface area contributed by atoms with Crippen molar-refractivity contribution in [3.63, 3.8) is 0 Å². The van der Waals surface area contributed by atoms with Gasteiger partial charge in [0, 0.05) is 16.1 Å². The first kappa shape index (κ1) is 20.2. The Hall–Kier alpha value is -3.10. The van der Waals surface area contributed by atoms with Gasteiger partial charge in [0.2, 0.25) is 0 Å². The molecular formula is C22H14BrNO5S. The van der Waals surface area contributed by atoms with Crippen molar-refractivity contribution in [2.75, 3.05) is 0 Å². The number of furan rings is 1. The summed E-state index contributed by atoms with van der Waals surface area (Å²) in [5.74, 6) is -0.720. The average Bonchev–Trinajstić information content (AvgIpc) is 3.30. The van der Waals surface area contributed by atoms with E-state index in [1.807, 2.05) is 24.3 Å². The van der Waals surface area contributed by atoms with Gasteiger partial charge in [-0.05, 0) is 47.7 Å². The molecule has 0 atom stereocenters. The summed E-state index contributed by atoms with van der Waals surface area (Å²) in [5, 5.41) is 9.00. The number of aromatic carboxylic acids is 1. The Labute approximate surface area is 184 Å². The van der Waals surface area contributed by atoms with Crippen molar-refractivity contribution >= 4 is 50.9 Å². The van der Waals surface area contributed by atoms with Crippen molar-refractivity contribution in [3.8, 4) is 11.3 Å². The van der Waals surface area contributed by atoms with Crippen LogP contribution in [0.15, 0.2) is 74.5 Å². The molecule has 1 fully saturated rings. The molecule has 2 aromatic carbocycles. The fourth-order valence-electron chi connectivity index (χ4n) is 3.00. The van der Waals surface area contributed by atoms with E-state index in [2.05, 4.69) is 15.9 Å². The van der Waals surface area contributed by atoms with E-state index in [0.717, 1.165) is 21.8 Å². The quantitative estimate of drug-likeness (QED) is 0.472. The van der Waals surface area contributed by atoms with Gasteiger partial charge >= 0.3 is 5.97 Å². The van der Waals surface area contributed by atoms with Crippen LogP contribution in [0.2, 0.25) is 0 Å². The van der Waals surface area contributed by atoms with Crippen LogP contribution in [-0.2, 0) is 11.3 Å². The van der Waals surface area contributed by atoms with E-state index >= 15 is 0 Å². The largest absolute Gasteiger partial charge is 0.478 e. The Balaban J connectivity index is 1.56. The average molecular weight is 484 g/mol. The van der Waals surface area contributed by atoms with E-state index < -0.39 is 11.9 Å². The predicted molar refractivity (Wildman–Crippen MR) is 117 cm³/mol. The van der Waals surface area contributed by atoms with Crippen molar-refractivity contribution in [1.29, 1.82) is 0 Å². The molecule has 150 valence electrons. The van der Waals surface area contributed by atoms with Crippen LogP contribution >= 0.6 is 27.7 Å². The summed E-state index contributed by atoms with van der Waals surface area (Å²) >= 11 is 4.20. The molecule has 30 heavy (non-hydrogen) atoms. The minimum atomic E-state index is -1.06. The molecule has 0 saturated carbocycles. The van der Waals surface area contributed by atoms with Crippen LogP contribution in [0.3, 0.4) is 0 Å². The van der Waals surface area contributed by atoms with Gasteiger partial charge in [-0.15, -0.1) is 0 Å². The third kappa shape index (κ3) is 4.10. The monoisotopic (exact) mass is 483 g/mol. The number of nitrogens with zero attached hydrogens (tertiary/aromatic N) is 1. The van der Waals surface area contributed by atoms with Gasteiger partial charge < -0.3 is 9.52 Å². The van der Waals surface area contributed by atoms with Gasteiger partial charge in [0.1, 0.15) is 11.5 Å². The summed E-state index contributed by atoms with van der Waals surface area (Å²) in [5.41, 5.74) is 1.40. The van der Waals surface area contributed by atoms with Crippen molar-refractivity contribution in [2.24, 2.45) is 0 Å². The van der Waals surface area contributed by atoms with E-state index in [4.69, 9.17) is 4.42 Å². The second kappa shape index (κ2) is 8.33. The first-order valence-corrected chi connectivity index (χ1v) is 10.5. The number of benzene rings is 2. The molecule has 2 heterocycles. The third-order valence-electron chi connectivity index (χ3n) is 4.45. The highest BCUT2D eigenvalue weighted by Gasteiger charge is 2.35. The highest BCUT2D eigenvalue weighted by Crippen LogP contribution is 2.34. The number of halogens is 1. The molecule has 0 bridgehead atoms. The third-order valence-corrected chi connectivity index (χ3v) is 5.89. The topological polar surface area (TPSA) is 87.8 Å². The maximum Gasteiger partial charge on any atom is 0.336 e. The summed E-state index contributed by atoms with van der Waals surface area (Å²) in [4.78, 5) is 37.9. The predicted octanol–water partition coefficient (Wildman–Crippen LogP) is 5.64. The molecule has 8 heteroatoms. The zero-order valence-corrected chi connectivity index (χ0v) is 17.8. The second-order valence-corrected chi connectivity index (χ2v) is 8.36. The van der Waals surface area contributed by atoms with Crippen LogP contribution in [0.4, 0.5) is 4.79 Å². The Kier molecular flexibility index (Phi) is 5.61. The zero-order chi connectivity index (χ0) is 21.3. The lowest BCUT2D eigenvalue weighted by Gasteiger charge is -2.12. The fraction of sp³-hybridized carbons (Fsp3) is 0.0455. The first-order valence-electron chi connectivity index (χ1n) is 8.85. The van der Waals surface area contributed by atoms with Crippen LogP contribution < -0.4 is 0 Å². The standard InChI is InChI=1S/C22H14BrNO5S/c23-14-7-5-13(6-8-14)12-24-20(25)19(30-22(24)28)11-15-9-10-18(29-15)16-3-1-2-4-17(16)21(26)27/h1-11H,12H2,(H,26,27)/b19-11-. The van der Waals surface area contributed by atoms with Gasteiger partial charge in [-0.3, -0.25) is 14.5 Å². The van der Waals surface area contributed by atoms with Crippen molar-refractivity contribution in [3.05, 3.63) is 86.9 Å².